The first kappa shape index (κ1) is 15.5. The lowest BCUT2D eigenvalue weighted by Gasteiger charge is -2.11. The minimum atomic E-state index is -3.05. The van der Waals surface area contributed by atoms with Gasteiger partial charge in [-0.05, 0) is 18.6 Å². The van der Waals surface area contributed by atoms with E-state index in [4.69, 9.17) is 0 Å². The van der Waals surface area contributed by atoms with Crippen LogP contribution in [-0.4, -0.2) is 41.4 Å². The number of nitrogens with zero attached hydrogens (tertiary/aromatic N) is 2. The second-order valence-electron chi connectivity index (χ2n) is 5.58. The average Bonchev–Trinajstić information content (AvgIpc) is 3.02. The van der Waals surface area contributed by atoms with Gasteiger partial charge in [-0.25, -0.2) is 8.42 Å². The number of hydrogen-bond donors (Lipinski definition) is 1. The number of fused-ring (bicyclic) bond motifs is 1. The number of benzene rings is 1. The van der Waals surface area contributed by atoms with Crippen molar-refractivity contribution < 1.29 is 18.1 Å². The van der Waals surface area contributed by atoms with Crippen LogP contribution in [0.3, 0.4) is 0 Å². The van der Waals surface area contributed by atoms with E-state index in [-0.39, 0.29) is 35.7 Å². The molecule has 0 saturated carbocycles. The molecule has 1 aromatic carbocycles. The molecule has 2 heterocycles. The van der Waals surface area contributed by atoms with Gasteiger partial charge in [0.15, 0.2) is 9.84 Å². The summed E-state index contributed by atoms with van der Waals surface area (Å²) in [5.74, 6) is -0.246. The van der Waals surface area contributed by atoms with E-state index < -0.39 is 14.8 Å². The molecular weight excluding hydrogens is 322 g/mol. The highest BCUT2D eigenvalue weighted by molar-refractivity contribution is 7.91. The van der Waals surface area contributed by atoms with Gasteiger partial charge in [0.05, 0.1) is 27.3 Å². The molecule has 1 saturated heterocycles. The maximum Gasteiger partial charge on any atom is 0.278 e. The van der Waals surface area contributed by atoms with Gasteiger partial charge in [-0.2, -0.15) is 0 Å². The number of sulfone groups is 1. The van der Waals surface area contributed by atoms with Gasteiger partial charge < -0.3 is 9.88 Å². The van der Waals surface area contributed by atoms with Gasteiger partial charge in [-0.3, -0.25) is 14.9 Å². The highest BCUT2D eigenvalue weighted by Gasteiger charge is 2.29. The van der Waals surface area contributed by atoms with Crippen LogP contribution in [-0.2, 0) is 21.2 Å². The van der Waals surface area contributed by atoms with E-state index in [1.807, 2.05) is 0 Å². The third kappa shape index (κ3) is 3.19. The number of carbonyl (C=O) groups excluding carboxylic acids is 1. The SMILES string of the molecule is O=C(Cn1ccc2c([N+](=O)[O-])cccc21)N[C@H]1CCS(=O)(=O)C1. The van der Waals surface area contributed by atoms with Gasteiger partial charge in [-0.1, -0.05) is 6.07 Å². The highest BCUT2D eigenvalue weighted by Crippen LogP contribution is 2.26. The van der Waals surface area contributed by atoms with Crippen molar-refractivity contribution in [3.63, 3.8) is 0 Å². The molecule has 1 amide bonds. The number of non-ortho nitro benzene ring substituents is 1. The number of carbonyl (C=O) groups is 1. The van der Waals surface area contributed by atoms with Gasteiger partial charge in [0.1, 0.15) is 6.54 Å². The quantitative estimate of drug-likeness (QED) is 0.657. The molecule has 0 spiro atoms. The largest absolute Gasteiger partial charge is 0.351 e. The Hall–Kier alpha value is -2.42. The summed E-state index contributed by atoms with van der Waals surface area (Å²) in [5.41, 5.74) is 0.580. The maximum absolute atomic E-state index is 12.1. The number of nitro groups is 1. The minimum Gasteiger partial charge on any atom is -0.351 e. The molecule has 1 fully saturated rings. The summed E-state index contributed by atoms with van der Waals surface area (Å²) in [6.45, 7) is -0.0127. The van der Waals surface area contributed by atoms with Gasteiger partial charge in [-0.15, -0.1) is 0 Å². The molecule has 1 aliphatic rings. The number of amides is 1. The molecule has 1 N–H and O–H groups in total. The minimum absolute atomic E-state index is 0.0106. The van der Waals surface area contributed by atoms with Crippen molar-refractivity contribution in [1.82, 2.24) is 9.88 Å². The summed E-state index contributed by atoms with van der Waals surface area (Å²) in [5, 5.41) is 14.2. The molecule has 1 atom stereocenters. The van der Waals surface area contributed by atoms with E-state index in [0.717, 1.165) is 0 Å². The van der Waals surface area contributed by atoms with Crippen LogP contribution in [0.2, 0.25) is 0 Å². The molecule has 1 aromatic heterocycles. The fourth-order valence-corrected chi connectivity index (χ4v) is 4.51. The number of nitro benzene ring substituents is 1. The molecule has 122 valence electrons. The molecule has 9 heteroatoms. The Morgan fingerprint density at radius 2 is 2.17 bits per heavy atom. The van der Waals surface area contributed by atoms with E-state index in [1.54, 1.807) is 29.0 Å². The second kappa shape index (κ2) is 5.65. The fraction of sp³-hybridized carbons (Fsp3) is 0.357. The first-order chi connectivity index (χ1) is 10.9. The number of aromatic nitrogens is 1. The number of rotatable bonds is 4. The molecule has 1 aliphatic heterocycles. The first-order valence-corrected chi connectivity index (χ1v) is 8.90. The lowest BCUT2D eigenvalue weighted by atomic mass is 10.2. The van der Waals surface area contributed by atoms with Crippen LogP contribution in [0.15, 0.2) is 30.5 Å². The van der Waals surface area contributed by atoms with E-state index in [0.29, 0.717) is 17.3 Å². The van der Waals surface area contributed by atoms with Crippen molar-refractivity contribution in [3.05, 3.63) is 40.6 Å². The van der Waals surface area contributed by atoms with Gasteiger partial charge in [0, 0.05) is 18.3 Å². The normalized spacial score (nSPS) is 19.7. The van der Waals surface area contributed by atoms with Crippen LogP contribution < -0.4 is 5.32 Å². The Labute approximate surface area is 132 Å². The summed E-state index contributed by atoms with van der Waals surface area (Å²) in [6, 6.07) is 5.92. The molecule has 0 bridgehead atoms. The van der Waals surface area contributed by atoms with Crippen LogP contribution in [0.4, 0.5) is 5.69 Å². The molecule has 0 aliphatic carbocycles. The van der Waals surface area contributed by atoms with Crippen LogP contribution in [0.1, 0.15) is 6.42 Å². The standard InChI is InChI=1S/C14H15N3O5S/c18-14(15-10-5-7-23(21,22)9-10)8-16-6-4-11-12(16)2-1-3-13(11)17(19)20/h1-4,6,10H,5,7-9H2,(H,15,18)/t10-/m0/s1. The van der Waals surface area contributed by atoms with Crippen LogP contribution in [0.5, 0.6) is 0 Å². The van der Waals surface area contributed by atoms with Crippen molar-refractivity contribution in [1.29, 1.82) is 0 Å². The Bertz CT molecular complexity index is 887. The second-order valence-corrected chi connectivity index (χ2v) is 7.81. The third-order valence-corrected chi connectivity index (χ3v) is 5.67. The maximum atomic E-state index is 12.1. The summed E-state index contributed by atoms with van der Waals surface area (Å²) in [7, 11) is -3.05. The number of nitrogens with one attached hydrogen (secondary N) is 1. The zero-order chi connectivity index (χ0) is 16.6. The molecule has 2 aromatic rings. The Morgan fingerprint density at radius 3 is 2.83 bits per heavy atom. The lowest BCUT2D eigenvalue weighted by molar-refractivity contribution is -0.383. The molecule has 3 rings (SSSR count). The molecule has 8 nitrogen and oxygen atoms in total. The van der Waals surface area contributed by atoms with Gasteiger partial charge >= 0.3 is 0 Å². The van der Waals surface area contributed by atoms with Crippen molar-refractivity contribution in [2.45, 2.75) is 19.0 Å². The first-order valence-electron chi connectivity index (χ1n) is 7.08. The van der Waals surface area contributed by atoms with Gasteiger partial charge in [0.25, 0.3) is 5.69 Å². The predicted octanol–water partition coefficient (Wildman–Crippen LogP) is 0.853. The van der Waals surface area contributed by atoms with E-state index in [2.05, 4.69) is 5.32 Å². The summed E-state index contributed by atoms with van der Waals surface area (Å²) < 4.78 is 24.4. The lowest BCUT2D eigenvalue weighted by Crippen LogP contribution is -2.37. The van der Waals surface area contributed by atoms with Crippen LogP contribution in [0, 0.1) is 10.1 Å². The predicted molar refractivity (Wildman–Crippen MR) is 83.8 cm³/mol. The van der Waals surface area contributed by atoms with Crippen molar-refractivity contribution in [2.24, 2.45) is 0 Å². The average molecular weight is 337 g/mol. The van der Waals surface area contributed by atoms with E-state index in [9.17, 15) is 23.3 Å². The highest BCUT2D eigenvalue weighted by atomic mass is 32.2. The Morgan fingerprint density at radius 1 is 1.39 bits per heavy atom. The monoisotopic (exact) mass is 337 g/mol. The zero-order valence-electron chi connectivity index (χ0n) is 12.1. The fourth-order valence-electron chi connectivity index (χ4n) is 2.84. The van der Waals surface area contributed by atoms with Crippen LogP contribution >= 0.6 is 0 Å². The summed E-state index contributed by atoms with van der Waals surface area (Å²) in [6.07, 6.45) is 2.04. The van der Waals surface area contributed by atoms with Crippen molar-refractivity contribution in [2.75, 3.05) is 11.5 Å². The van der Waals surface area contributed by atoms with Crippen molar-refractivity contribution >= 4 is 32.3 Å². The van der Waals surface area contributed by atoms with Crippen molar-refractivity contribution in [3.8, 4) is 0 Å². The summed E-state index contributed by atoms with van der Waals surface area (Å²) in [4.78, 5) is 22.6. The summed E-state index contributed by atoms with van der Waals surface area (Å²) >= 11 is 0. The number of hydrogen-bond acceptors (Lipinski definition) is 5. The zero-order valence-corrected chi connectivity index (χ0v) is 13.0. The smallest absolute Gasteiger partial charge is 0.278 e. The molecule has 0 unspecified atom stereocenters. The topological polar surface area (TPSA) is 111 Å². The Balaban J connectivity index is 1.76. The molecule has 23 heavy (non-hydrogen) atoms. The van der Waals surface area contributed by atoms with E-state index >= 15 is 0 Å². The molecule has 0 radical (unpaired) electrons. The van der Waals surface area contributed by atoms with E-state index in [1.165, 1.54) is 6.07 Å². The van der Waals surface area contributed by atoms with Crippen LogP contribution in [0.25, 0.3) is 10.9 Å². The molecular formula is C14H15N3O5S. The van der Waals surface area contributed by atoms with Gasteiger partial charge in [0.2, 0.25) is 5.91 Å². The Kier molecular flexibility index (Phi) is 3.80. The third-order valence-electron chi connectivity index (χ3n) is 3.90.